The maximum atomic E-state index is 5.58. The Morgan fingerprint density at radius 2 is 2.05 bits per heavy atom. The average molecular weight is 403 g/mol. The van der Waals surface area contributed by atoms with Crippen LogP contribution in [0.15, 0.2) is 43.9 Å². The minimum absolute atomic E-state index is 0.230. The fraction of sp³-hybridized carbons (Fsp3) is 0.333. The van der Waals surface area contributed by atoms with Crippen molar-refractivity contribution in [2.45, 2.75) is 25.9 Å². The number of ether oxygens (including phenoxy) is 1. The Balaban J connectivity index is 2.09. The van der Waals surface area contributed by atoms with E-state index in [1.54, 1.807) is 7.11 Å². The Hall–Kier alpha value is -0.780. The molecule has 5 heteroatoms. The van der Waals surface area contributed by atoms with Gasteiger partial charge in [0.25, 0.3) is 0 Å². The van der Waals surface area contributed by atoms with Gasteiger partial charge in [0.05, 0.1) is 18.1 Å². The SMILES string of the molecule is CCC(NCc1cc(Br)c(Br)o1)c1ccccc1OC. The van der Waals surface area contributed by atoms with E-state index in [4.69, 9.17) is 9.15 Å². The number of hydrogen-bond donors (Lipinski definition) is 1. The topological polar surface area (TPSA) is 34.4 Å². The van der Waals surface area contributed by atoms with E-state index in [1.165, 1.54) is 5.56 Å². The number of rotatable bonds is 6. The predicted octanol–water partition coefficient (Wildman–Crippen LogP) is 5.05. The monoisotopic (exact) mass is 401 g/mol. The molecule has 2 rings (SSSR count). The lowest BCUT2D eigenvalue weighted by molar-refractivity contribution is 0.389. The summed E-state index contributed by atoms with van der Waals surface area (Å²) < 4.78 is 12.7. The molecular formula is C15H17Br2NO2. The highest BCUT2D eigenvalue weighted by atomic mass is 79.9. The quantitative estimate of drug-likeness (QED) is 0.733. The highest BCUT2D eigenvalue weighted by molar-refractivity contribution is 9.13. The van der Waals surface area contributed by atoms with Gasteiger partial charge in [-0.1, -0.05) is 25.1 Å². The number of benzene rings is 1. The first-order valence-electron chi connectivity index (χ1n) is 6.45. The molecule has 1 aromatic carbocycles. The molecule has 1 N–H and O–H groups in total. The second kappa shape index (κ2) is 7.29. The molecule has 1 atom stereocenters. The molecule has 0 saturated carbocycles. The van der Waals surface area contributed by atoms with Crippen LogP contribution in [0, 0.1) is 0 Å². The van der Waals surface area contributed by atoms with Gasteiger partial charge in [0, 0.05) is 11.6 Å². The molecule has 0 aliphatic heterocycles. The average Bonchev–Trinajstić information content (AvgIpc) is 2.79. The molecule has 108 valence electrons. The van der Waals surface area contributed by atoms with Crippen molar-refractivity contribution in [2.24, 2.45) is 0 Å². The molecule has 0 saturated heterocycles. The summed E-state index contributed by atoms with van der Waals surface area (Å²) in [6.45, 7) is 2.82. The molecule has 0 aliphatic carbocycles. The van der Waals surface area contributed by atoms with Crippen molar-refractivity contribution in [3.8, 4) is 5.75 Å². The van der Waals surface area contributed by atoms with E-state index in [-0.39, 0.29) is 6.04 Å². The third-order valence-corrected chi connectivity index (χ3v) is 4.85. The van der Waals surface area contributed by atoms with Gasteiger partial charge in [0.2, 0.25) is 0 Å². The van der Waals surface area contributed by atoms with Crippen LogP contribution in [-0.2, 0) is 6.54 Å². The first-order chi connectivity index (χ1) is 9.65. The van der Waals surface area contributed by atoms with Crippen LogP contribution in [0.4, 0.5) is 0 Å². The molecule has 1 aromatic heterocycles. The molecule has 0 radical (unpaired) electrons. The zero-order valence-electron chi connectivity index (χ0n) is 11.5. The van der Waals surface area contributed by atoms with Gasteiger partial charge in [-0.25, -0.2) is 0 Å². The minimum Gasteiger partial charge on any atom is -0.496 e. The van der Waals surface area contributed by atoms with Crippen molar-refractivity contribution in [3.05, 3.63) is 50.8 Å². The predicted molar refractivity (Wildman–Crippen MR) is 87.0 cm³/mol. The Kier molecular flexibility index (Phi) is 5.69. The summed E-state index contributed by atoms with van der Waals surface area (Å²) in [5.74, 6) is 1.80. The summed E-state index contributed by atoms with van der Waals surface area (Å²) in [4.78, 5) is 0. The van der Waals surface area contributed by atoms with Crippen molar-refractivity contribution >= 4 is 31.9 Å². The number of nitrogens with one attached hydrogen (secondary N) is 1. The summed E-state index contributed by atoms with van der Waals surface area (Å²) >= 11 is 6.77. The molecule has 0 fully saturated rings. The van der Waals surface area contributed by atoms with E-state index in [0.717, 1.165) is 27.1 Å². The van der Waals surface area contributed by atoms with Crippen molar-refractivity contribution in [1.82, 2.24) is 5.32 Å². The second-order valence-electron chi connectivity index (χ2n) is 4.42. The van der Waals surface area contributed by atoms with Crippen LogP contribution in [0.2, 0.25) is 0 Å². The van der Waals surface area contributed by atoms with Gasteiger partial charge >= 0.3 is 0 Å². The Morgan fingerprint density at radius 3 is 2.65 bits per heavy atom. The van der Waals surface area contributed by atoms with E-state index >= 15 is 0 Å². The van der Waals surface area contributed by atoms with Crippen LogP contribution in [-0.4, -0.2) is 7.11 Å². The van der Waals surface area contributed by atoms with Gasteiger partial charge in [-0.2, -0.15) is 0 Å². The summed E-state index contributed by atoms with van der Waals surface area (Å²) in [7, 11) is 1.70. The van der Waals surface area contributed by atoms with Crippen molar-refractivity contribution in [1.29, 1.82) is 0 Å². The van der Waals surface area contributed by atoms with Crippen LogP contribution >= 0.6 is 31.9 Å². The van der Waals surface area contributed by atoms with E-state index in [2.05, 4.69) is 50.2 Å². The van der Waals surface area contributed by atoms with Gasteiger partial charge in [-0.15, -0.1) is 0 Å². The third kappa shape index (κ3) is 3.65. The molecule has 0 spiro atoms. The van der Waals surface area contributed by atoms with Crippen LogP contribution < -0.4 is 10.1 Å². The molecule has 20 heavy (non-hydrogen) atoms. The van der Waals surface area contributed by atoms with E-state index < -0.39 is 0 Å². The van der Waals surface area contributed by atoms with Gasteiger partial charge < -0.3 is 14.5 Å². The maximum Gasteiger partial charge on any atom is 0.183 e. The van der Waals surface area contributed by atoms with Gasteiger partial charge in [0.15, 0.2) is 4.67 Å². The fourth-order valence-corrected chi connectivity index (χ4v) is 2.79. The summed E-state index contributed by atoms with van der Waals surface area (Å²) in [6, 6.07) is 10.3. The molecule has 0 aliphatic rings. The first kappa shape index (κ1) is 15.6. The van der Waals surface area contributed by atoms with Crippen LogP contribution in [0.1, 0.15) is 30.7 Å². The lowest BCUT2D eigenvalue weighted by Crippen LogP contribution is -2.20. The number of para-hydroxylation sites is 1. The van der Waals surface area contributed by atoms with Crippen molar-refractivity contribution in [3.63, 3.8) is 0 Å². The molecule has 0 amide bonds. The van der Waals surface area contributed by atoms with Crippen LogP contribution in [0.5, 0.6) is 5.75 Å². The van der Waals surface area contributed by atoms with Crippen molar-refractivity contribution in [2.75, 3.05) is 7.11 Å². The summed E-state index contributed by atoms with van der Waals surface area (Å²) in [5, 5.41) is 3.50. The highest BCUT2D eigenvalue weighted by Gasteiger charge is 2.14. The fourth-order valence-electron chi connectivity index (χ4n) is 2.13. The summed E-state index contributed by atoms with van der Waals surface area (Å²) in [6.07, 6.45) is 0.976. The van der Waals surface area contributed by atoms with E-state index in [1.807, 2.05) is 24.3 Å². The number of hydrogen-bond acceptors (Lipinski definition) is 3. The molecule has 1 heterocycles. The smallest absolute Gasteiger partial charge is 0.183 e. The second-order valence-corrected chi connectivity index (χ2v) is 5.99. The number of methoxy groups -OCH3 is 1. The Labute approximate surface area is 136 Å². The standard InChI is InChI=1S/C15H17Br2NO2/c1-3-13(11-6-4-5-7-14(11)19-2)18-9-10-8-12(16)15(17)20-10/h4-8,13,18H,3,9H2,1-2H3. The van der Waals surface area contributed by atoms with Crippen molar-refractivity contribution < 1.29 is 9.15 Å². The Morgan fingerprint density at radius 1 is 1.30 bits per heavy atom. The third-order valence-electron chi connectivity index (χ3n) is 3.14. The molecule has 3 nitrogen and oxygen atoms in total. The summed E-state index contributed by atoms with van der Waals surface area (Å²) in [5.41, 5.74) is 1.17. The first-order valence-corrected chi connectivity index (χ1v) is 8.04. The lowest BCUT2D eigenvalue weighted by Gasteiger charge is -2.19. The molecular weight excluding hydrogens is 386 g/mol. The normalized spacial score (nSPS) is 12.4. The van der Waals surface area contributed by atoms with Crippen LogP contribution in [0.25, 0.3) is 0 Å². The van der Waals surface area contributed by atoms with E-state index in [9.17, 15) is 0 Å². The number of halogens is 2. The van der Waals surface area contributed by atoms with E-state index in [0.29, 0.717) is 6.54 Å². The number of furan rings is 1. The highest BCUT2D eigenvalue weighted by Crippen LogP contribution is 2.29. The zero-order valence-corrected chi connectivity index (χ0v) is 14.6. The van der Waals surface area contributed by atoms with Gasteiger partial charge in [0.1, 0.15) is 11.5 Å². The van der Waals surface area contributed by atoms with Crippen LogP contribution in [0.3, 0.4) is 0 Å². The van der Waals surface area contributed by atoms with Gasteiger partial charge in [-0.3, -0.25) is 0 Å². The lowest BCUT2D eigenvalue weighted by atomic mass is 10.0. The largest absolute Gasteiger partial charge is 0.496 e. The molecule has 2 aromatic rings. The van der Waals surface area contributed by atoms with Gasteiger partial charge in [-0.05, 0) is 50.4 Å². The zero-order chi connectivity index (χ0) is 14.5. The molecule has 0 bridgehead atoms. The maximum absolute atomic E-state index is 5.58. The Bertz CT molecular complexity index is 549. The molecule has 1 unspecified atom stereocenters. The minimum atomic E-state index is 0.230.